The van der Waals surface area contributed by atoms with E-state index < -0.39 is 0 Å². The minimum absolute atomic E-state index is 0.362. The van der Waals surface area contributed by atoms with Crippen molar-refractivity contribution in [2.45, 2.75) is 136 Å². The Kier molecular flexibility index (Phi) is 14.4. The lowest BCUT2D eigenvalue weighted by Crippen LogP contribution is -2.14. The van der Waals surface area contributed by atoms with Gasteiger partial charge in [0.05, 0.1) is 0 Å². The third-order valence-electron chi connectivity index (χ3n) is 6.38. The molecule has 0 aromatic rings. The summed E-state index contributed by atoms with van der Waals surface area (Å²) in [5.41, 5.74) is 0. The molecule has 25 heavy (non-hydrogen) atoms. The number of unbranched alkanes of at least 4 members (excludes halogenated alkanes) is 10. The second kappa shape index (κ2) is 15.9. The molecule has 0 amide bonds. The summed E-state index contributed by atoms with van der Waals surface area (Å²) in [6.45, 7) is 4.11. The Labute approximate surface area is 158 Å². The van der Waals surface area contributed by atoms with Crippen LogP contribution in [0.1, 0.15) is 136 Å². The molecule has 0 radical (unpaired) electrons. The maximum absolute atomic E-state index is 11.9. The number of hydrogen-bond acceptors (Lipinski definition) is 1. The van der Waals surface area contributed by atoms with Gasteiger partial charge >= 0.3 is 0 Å². The first-order valence-electron chi connectivity index (χ1n) is 11.7. The highest BCUT2D eigenvalue weighted by molar-refractivity contribution is 5.78. The van der Waals surface area contributed by atoms with E-state index in [1.165, 1.54) is 109 Å². The molecule has 1 saturated carbocycles. The molecule has 148 valence electrons. The average molecular weight is 351 g/mol. The standard InChI is InChI=1S/C24H46O/c1-3-4-5-6-7-8-9-10-11-12-16-19-24(22(2)25)21-20-23-17-14-13-15-18-23/h23-24H,3-21H2,1-2H3. The van der Waals surface area contributed by atoms with Gasteiger partial charge in [0.25, 0.3) is 0 Å². The number of rotatable bonds is 16. The molecule has 0 aliphatic heterocycles. The highest BCUT2D eigenvalue weighted by atomic mass is 16.1. The van der Waals surface area contributed by atoms with Crippen molar-refractivity contribution in [2.24, 2.45) is 11.8 Å². The minimum atomic E-state index is 0.362. The molecule has 1 atom stereocenters. The van der Waals surface area contributed by atoms with Crippen LogP contribution < -0.4 is 0 Å². The Morgan fingerprint density at radius 2 is 1.28 bits per heavy atom. The van der Waals surface area contributed by atoms with E-state index >= 15 is 0 Å². The van der Waals surface area contributed by atoms with E-state index in [9.17, 15) is 4.79 Å². The number of ketones is 1. The van der Waals surface area contributed by atoms with Gasteiger partial charge in [-0.05, 0) is 32.1 Å². The molecule has 1 nitrogen and oxygen atoms in total. The van der Waals surface area contributed by atoms with E-state index in [1.807, 2.05) is 6.92 Å². The molecule has 0 spiro atoms. The normalized spacial score (nSPS) is 16.9. The quantitative estimate of drug-likeness (QED) is 0.256. The lowest BCUT2D eigenvalue weighted by Gasteiger charge is -2.23. The predicted octanol–water partition coefficient (Wildman–Crippen LogP) is 8.25. The first-order chi connectivity index (χ1) is 12.2. The molecular formula is C24H46O. The van der Waals surface area contributed by atoms with Gasteiger partial charge < -0.3 is 0 Å². The third-order valence-corrected chi connectivity index (χ3v) is 6.38. The smallest absolute Gasteiger partial charge is 0.132 e. The van der Waals surface area contributed by atoms with Crippen molar-refractivity contribution in [1.82, 2.24) is 0 Å². The molecule has 1 fully saturated rings. The van der Waals surface area contributed by atoms with E-state index in [1.54, 1.807) is 0 Å². The molecule has 0 aromatic heterocycles. The van der Waals surface area contributed by atoms with Crippen LogP contribution in [0.5, 0.6) is 0 Å². The van der Waals surface area contributed by atoms with Crippen molar-refractivity contribution in [1.29, 1.82) is 0 Å². The molecule has 0 bridgehead atoms. The van der Waals surface area contributed by atoms with Crippen molar-refractivity contribution in [2.75, 3.05) is 0 Å². The number of Topliss-reactive ketones (excluding diaryl/α,β-unsaturated/α-hetero) is 1. The minimum Gasteiger partial charge on any atom is -0.300 e. The maximum atomic E-state index is 11.9. The van der Waals surface area contributed by atoms with Crippen LogP contribution in [-0.4, -0.2) is 5.78 Å². The summed E-state index contributed by atoms with van der Waals surface area (Å²) in [6.07, 6.45) is 26.1. The molecule has 0 aromatic carbocycles. The van der Waals surface area contributed by atoms with Gasteiger partial charge in [-0.1, -0.05) is 110 Å². The summed E-state index contributed by atoms with van der Waals surface area (Å²) in [4.78, 5) is 11.9. The molecule has 0 saturated heterocycles. The van der Waals surface area contributed by atoms with Crippen molar-refractivity contribution in [3.63, 3.8) is 0 Å². The summed E-state index contributed by atoms with van der Waals surface area (Å²) in [7, 11) is 0. The van der Waals surface area contributed by atoms with E-state index in [0.717, 1.165) is 18.8 Å². The van der Waals surface area contributed by atoms with Crippen LogP contribution in [0, 0.1) is 11.8 Å². The molecule has 0 heterocycles. The summed E-state index contributed by atoms with van der Waals surface area (Å²) >= 11 is 0. The zero-order valence-corrected chi connectivity index (χ0v) is 17.5. The third kappa shape index (κ3) is 12.6. The number of hydrogen-bond donors (Lipinski definition) is 0. The van der Waals surface area contributed by atoms with Crippen molar-refractivity contribution in [3.8, 4) is 0 Å². The first kappa shape index (κ1) is 22.7. The van der Waals surface area contributed by atoms with Crippen LogP contribution >= 0.6 is 0 Å². The Balaban J connectivity index is 1.95. The van der Waals surface area contributed by atoms with Crippen LogP contribution in [0.2, 0.25) is 0 Å². The topological polar surface area (TPSA) is 17.1 Å². The Bertz CT molecular complexity index is 303. The molecular weight excluding hydrogens is 304 g/mol. The van der Waals surface area contributed by atoms with Gasteiger partial charge in [-0.2, -0.15) is 0 Å². The fraction of sp³-hybridized carbons (Fsp3) is 0.958. The zero-order chi connectivity index (χ0) is 18.2. The van der Waals surface area contributed by atoms with Gasteiger partial charge in [0.15, 0.2) is 0 Å². The van der Waals surface area contributed by atoms with Gasteiger partial charge in [-0.25, -0.2) is 0 Å². The number of carbonyl (C=O) groups excluding carboxylic acids is 1. The summed E-state index contributed by atoms with van der Waals surface area (Å²) in [5.74, 6) is 1.73. The van der Waals surface area contributed by atoms with Crippen LogP contribution in [0.4, 0.5) is 0 Å². The SMILES string of the molecule is CCCCCCCCCCCCCC(CCC1CCCCC1)C(C)=O. The van der Waals surface area contributed by atoms with E-state index in [4.69, 9.17) is 0 Å². The second-order valence-electron chi connectivity index (χ2n) is 8.71. The monoisotopic (exact) mass is 350 g/mol. The molecule has 0 N–H and O–H groups in total. The lowest BCUT2D eigenvalue weighted by atomic mass is 9.82. The number of carbonyl (C=O) groups is 1. The second-order valence-corrected chi connectivity index (χ2v) is 8.71. The highest BCUT2D eigenvalue weighted by Crippen LogP contribution is 2.30. The fourth-order valence-corrected chi connectivity index (χ4v) is 4.52. The molecule has 1 unspecified atom stereocenters. The first-order valence-corrected chi connectivity index (χ1v) is 11.7. The molecule has 1 aliphatic rings. The van der Waals surface area contributed by atoms with Crippen LogP contribution in [0.25, 0.3) is 0 Å². The van der Waals surface area contributed by atoms with E-state index in [0.29, 0.717) is 11.7 Å². The largest absolute Gasteiger partial charge is 0.300 e. The van der Waals surface area contributed by atoms with Gasteiger partial charge in [0.1, 0.15) is 5.78 Å². The summed E-state index contributed by atoms with van der Waals surface area (Å²) in [6, 6.07) is 0. The zero-order valence-electron chi connectivity index (χ0n) is 17.5. The van der Waals surface area contributed by atoms with Gasteiger partial charge in [-0.3, -0.25) is 4.79 Å². The lowest BCUT2D eigenvalue weighted by molar-refractivity contribution is -0.121. The van der Waals surface area contributed by atoms with Crippen LogP contribution in [0.15, 0.2) is 0 Å². The van der Waals surface area contributed by atoms with Crippen LogP contribution in [-0.2, 0) is 4.79 Å². The summed E-state index contributed by atoms with van der Waals surface area (Å²) in [5, 5.41) is 0. The fourth-order valence-electron chi connectivity index (χ4n) is 4.52. The van der Waals surface area contributed by atoms with Crippen LogP contribution in [0.3, 0.4) is 0 Å². The van der Waals surface area contributed by atoms with Gasteiger partial charge in [0.2, 0.25) is 0 Å². The highest BCUT2D eigenvalue weighted by Gasteiger charge is 2.18. The molecule has 1 heteroatoms. The van der Waals surface area contributed by atoms with E-state index in [2.05, 4.69) is 6.92 Å². The molecule has 1 rings (SSSR count). The van der Waals surface area contributed by atoms with Gasteiger partial charge in [0, 0.05) is 5.92 Å². The summed E-state index contributed by atoms with van der Waals surface area (Å²) < 4.78 is 0. The molecule has 1 aliphatic carbocycles. The van der Waals surface area contributed by atoms with E-state index in [-0.39, 0.29) is 0 Å². The average Bonchev–Trinajstić information content (AvgIpc) is 2.62. The Morgan fingerprint density at radius 3 is 1.80 bits per heavy atom. The Hall–Kier alpha value is -0.330. The van der Waals surface area contributed by atoms with Gasteiger partial charge in [-0.15, -0.1) is 0 Å². The maximum Gasteiger partial charge on any atom is 0.132 e. The predicted molar refractivity (Wildman–Crippen MR) is 111 cm³/mol. The Morgan fingerprint density at radius 1 is 0.760 bits per heavy atom. The van der Waals surface area contributed by atoms with Crippen molar-refractivity contribution >= 4 is 5.78 Å². The van der Waals surface area contributed by atoms with Crippen molar-refractivity contribution in [3.05, 3.63) is 0 Å². The van der Waals surface area contributed by atoms with Crippen molar-refractivity contribution < 1.29 is 4.79 Å².